The molecule has 1 amide bonds. The lowest BCUT2D eigenvalue weighted by Crippen LogP contribution is -2.35. The summed E-state index contributed by atoms with van der Waals surface area (Å²) < 4.78 is 96.9. The van der Waals surface area contributed by atoms with Gasteiger partial charge in [-0.1, -0.05) is 19.9 Å². The largest absolute Gasteiger partial charge is 0.496 e. The van der Waals surface area contributed by atoms with Gasteiger partial charge >= 0.3 is 24.4 Å². The first-order chi connectivity index (χ1) is 19.9. The van der Waals surface area contributed by atoms with Gasteiger partial charge in [-0.05, 0) is 84.2 Å². The lowest BCUT2D eigenvalue weighted by Gasteiger charge is -2.36. The number of esters is 1. The molecule has 1 saturated heterocycles. The Balaban J connectivity index is 1.74. The average molecular weight is 614 g/mol. The molecule has 1 fully saturated rings. The Bertz CT molecular complexity index is 1400. The van der Waals surface area contributed by atoms with E-state index in [9.17, 15) is 35.9 Å². The molecule has 1 heterocycles. The van der Waals surface area contributed by atoms with Crippen molar-refractivity contribution in [3.8, 4) is 5.75 Å². The summed E-state index contributed by atoms with van der Waals surface area (Å²) in [6.07, 6.45) is -10.2. The van der Waals surface area contributed by atoms with E-state index in [2.05, 4.69) is 13.8 Å². The number of cyclic esters (lactones) is 1. The number of allylic oxidation sites excluding steroid dienone is 1. The van der Waals surface area contributed by atoms with E-state index < -0.39 is 47.7 Å². The minimum atomic E-state index is -5.03. The fraction of sp³-hybridized carbons (Fsp3) is 0.484. The van der Waals surface area contributed by atoms with Crippen molar-refractivity contribution in [1.29, 1.82) is 0 Å². The molecular formula is C31H33F6NO5. The molecule has 2 aromatic carbocycles. The smallest absolute Gasteiger partial charge is 0.416 e. The molecule has 2 aliphatic rings. The van der Waals surface area contributed by atoms with Crippen molar-refractivity contribution in [2.45, 2.75) is 71.0 Å². The molecule has 0 spiro atoms. The van der Waals surface area contributed by atoms with Crippen LogP contribution in [0, 0.1) is 5.41 Å². The van der Waals surface area contributed by atoms with E-state index in [1.165, 1.54) is 26.0 Å². The highest BCUT2D eigenvalue weighted by molar-refractivity contribution is 5.78. The number of benzene rings is 2. The van der Waals surface area contributed by atoms with E-state index in [0.717, 1.165) is 23.1 Å². The second kappa shape index (κ2) is 11.8. The van der Waals surface area contributed by atoms with E-state index in [1.807, 2.05) is 6.07 Å². The zero-order valence-corrected chi connectivity index (χ0v) is 24.4. The predicted octanol–water partition coefficient (Wildman–Crippen LogP) is 7.99. The van der Waals surface area contributed by atoms with Gasteiger partial charge in [0.05, 0.1) is 37.8 Å². The van der Waals surface area contributed by atoms with Crippen LogP contribution in [0.5, 0.6) is 5.75 Å². The topological polar surface area (TPSA) is 65.1 Å². The summed E-state index contributed by atoms with van der Waals surface area (Å²) in [5, 5.41) is 0. The molecule has 234 valence electrons. The third-order valence-electron chi connectivity index (χ3n) is 8.03. The highest BCUT2D eigenvalue weighted by Gasteiger charge is 2.44. The van der Waals surface area contributed by atoms with Crippen molar-refractivity contribution in [2.24, 2.45) is 5.41 Å². The van der Waals surface area contributed by atoms with Gasteiger partial charge in [0.25, 0.3) is 0 Å². The van der Waals surface area contributed by atoms with Crippen LogP contribution in [0.2, 0.25) is 0 Å². The Morgan fingerprint density at radius 3 is 2.21 bits per heavy atom. The fourth-order valence-corrected chi connectivity index (χ4v) is 5.74. The van der Waals surface area contributed by atoms with E-state index >= 15 is 0 Å². The molecule has 0 aromatic heterocycles. The van der Waals surface area contributed by atoms with Crippen LogP contribution in [0.3, 0.4) is 0 Å². The Morgan fingerprint density at radius 2 is 1.65 bits per heavy atom. The molecule has 0 N–H and O–H groups in total. The lowest BCUT2D eigenvalue weighted by atomic mass is 9.72. The average Bonchev–Trinajstić information content (AvgIpc) is 3.20. The van der Waals surface area contributed by atoms with Gasteiger partial charge in [0.1, 0.15) is 11.9 Å². The summed E-state index contributed by atoms with van der Waals surface area (Å²) in [6.45, 7) is 5.73. The number of carbonyl (C=O) groups is 2. The van der Waals surface area contributed by atoms with Gasteiger partial charge in [-0.3, -0.25) is 9.69 Å². The quantitative estimate of drug-likeness (QED) is 0.234. The summed E-state index contributed by atoms with van der Waals surface area (Å²) in [6, 6.07) is 5.69. The zero-order valence-electron chi connectivity index (χ0n) is 24.4. The zero-order chi connectivity index (χ0) is 31.9. The maximum absolute atomic E-state index is 13.5. The van der Waals surface area contributed by atoms with Gasteiger partial charge in [-0.15, -0.1) is 0 Å². The van der Waals surface area contributed by atoms with Gasteiger partial charge in [-0.25, -0.2) is 4.79 Å². The second-order valence-corrected chi connectivity index (χ2v) is 11.7. The van der Waals surface area contributed by atoms with Crippen LogP contribution in [-0.2, 0) is 33.0 Å². The number of hydrogen-bond donors (Lipinski definition) is 0. The van der Waals surface area contributed by atoms with Crippen LogP contribution in [0.25, 0.3) is 5.57 Å². The minimum absolute atomic E-state index is 0.0374. The maximum atomic E-state index is 13.5. The molecule has 12 heteroatoms. The second-order valence-electron chi connectivity index (χ2n) is 11.7. The van der Waals surface area contributed by atoms with Gasteiger partial charge in [0.15, 0.2) is 0 Å². The van der Waals surface area contributed by atoms with E-state index in [-0.39, 0.29) is 30.0 Å². The number of alkyl halides is 6. The molecule has 1 unspecified atom stereocenters. The van der Waals surface area contributed by atoms with Crippen molar-refractivity contribution in [3.05, 3.63) is 69.8 Å². The third kappa shape index (κ3) is 7.10. The van der Waals surface area contributed by atoms with Gasteiger partial charge in [0, 0.05) is 12.1 Å². The summed E-state index contributed by atoms with van der Waals surface area (Å²) in [4.78, 5) is 26.4. The highest BCUT2D eigenvalue weighted by atomic mass is 19.4. The van der Waals surface area contributed by atoms with Crippen LogP contribution in [0.1, 0.15) is 74.0 Å². The molecule has 2 atom stereocenters. The molecule has 0 saturated carbocycles. The first-order valence-electron chi connectivity index (χ1n) is 13.6. The maximum Gasteiger partial charge on any atom is 0.416 e. The predicted molar refractivity (Wildman–Crippen MR) is 145 cm³/mol. The molecule has 6 nitrogen and oxygen atoms in total. The van der Waals surface area contributed by atoms with Crippen molar-refractivity contribution < 1.29 is 50.1 Å². The van der Waals surface area contributed by atoms with Crippen LogP contribution in [0.15, 0.2) is 42.0 Å². The number of hydrogen-bond acceptors (Lipinski definition) is 5. The lowest BCUT2D eigenvalue weighted by molar-refractivity contribution is -0.143. The molecule has 4 rings (SSSR count). The number of halogens is 6. The van der Waals surface area contributed by atoms with Crippen LogP contribution in [0.4, 0.5) is 31.1 Å². The number of ether oxygens (including phenoxy) is 3. The van der Waals surface area contributed by atoms with E-state index in [1.54, 1.807) is 12.1 Å². The highest BCUT2D eigenvalue weighted by Crippen LogP contribution is 2.46. The van der Waals surface area contributed by atoms with Crippen LogP contribution in [-0.4, -0.2) is 43.8 Å². The van der Waals surface area contributed by atoms with Crippen molar-refractivity contribution in [2.75, 3.05) is 20.8 Å². The van der Waals surface area contributed by atoms with Crippen LogP contribution < -0.4 is 4.74 Å². The summed E-state index contributed by atoms with van der Waals surface area (Å²) in [5.74, 6) is 0.137. The van der Waals surface area contributed by atoms with E-state index in [0.29, 0.717) is 36.3 Å². The SMILES string of the molecule is COC(=O)Cc1ccc(OC)c(C2=C(CN3C(=O)OC(c4cc(C(F)(F)F)cc(C(F)(F)F)c4)[C@@H]3C)CC(C)(C)CC2)c1. The minimum Gasteiger partial charge on any atom is -0.496 e. The molecule has 1 aliphatic carbocycles. The van der Waals surface area contributed by atoms with Gasteiger partial charge in [0.2, 0.25) is 0 Å². The van der Waals surface area contributed by atoms with Gasteiger partial charge in [-0.2, -0.15) is 26.3 Å². The number of carbonyl (C=O) groups excluding carboxylic acids is 2. The number of methoxy groups -OCH3 is 2. The number of amides is 1. The van der Waals surface area contributed by atoms with Crippen molar-refractivity contribution in [1.82, 2.24) is 4.90 Å². The Kier molecular flexibility index (Phi) is 8.82. The van der Waals surface area contributed by atoms with Crippen molar-refractivity contribution in [3.63, 3.8) is 0 Å². The van der Waals surface area contributed by atoms with Crippen molar-refractivity contribution >= 4 is 17.6 Å². The van der Waals surface area contributed by atoms with Crippen LogP contribution >= 0.6 is 0 Å². The summed E-state index contributed by atoms with van der Waals surface area (Å²) >= 11 is 0. The van der Waals surface area contributed by atoms with E-state index in [4.69, 9.17) is 14.2 Å². The molecule has 0 radical (unpaired) electrons. The first kappa shape index (κ1) is 32.2. The standard InChI is InChI=1S/C31H33F6NO5/c1-17-27(19-12-21(30(32,33)34)14-22(13-19)31(35,36)37)43-28(40)38(17)16-20-15-29(2,3)9-8-23(20)24-10-18(11-26(39)42-5)6-7-25(24)41-4/h6-7,10,12-14,17,27H,8-9,11,15-16H2,1-5H3/t17-,27?/m0/s1. The summed E-state index contributed by atoms with van der Waals surface area (Å²) in [7, 11) is 2.81. The third-order valence-corrected chi connectivity index (χ3v) is 8.03. The Hall–Kier alpha value is -3.70. The normalized spacial score (nSPS) is 20.7. The first-order valence-corrected chi connectivity index (χ1v) is 13.6. The molecule has 1 aliphatic heterocycles. The summed E-state index contributed by atoms with van der Waals surface area (Å²) in [5.41, 5.74) is -0.309. The molecule has 43 heavy (non-hydrogen) atoms. The Morgan fingerprint density at radius 1 is 1.02 bits per heavy atom. The number of rotatable bonds is 7. The molecule has 2 aromatic rings. The fourth-order valence-electron chi connectivity index (χ4n) is 5.74. The molecule has 0 bridgehead atoms. The Labute approximate surface area is 245 Å². The monoisotopic (exact) mass is 613 g/mol. The van der Waals surface area contributed by atoms with Gasteiger partial charge < -0.3 is 14.2 Å². The number of nitrogens with zero attached hydrogens (tertiary/aromatic N) is 1. The molecular weight excluding hydrogens is 580 g/mol.